The van der Waals surface area contributed by atoms with Crippen LogP contribution in [0.3, 0.4) is 0 Å². The molecule has 26 heavy (non-hydrogen) atoms. The maximum atomic E-state index is 12.6. The van der Waals surface area contributed by atoms with Gasteiger partial charge in [0.25, 0.3) is 5.56 Å². The van der Waals surface area contributed by atoms with Gasteiger partial charge in [-0.1, -0.05) is 0 Å². The highest BCUT2D eigenvalue weighted by Crippen LogP contribution is 2.26. The maximum Gasteiger partial charge on any atom is 0.346 e. The third-order valence-electron chi connectivity index (χ3n) is 3.98. The Morgan fingerprint density at radius 2 is 1.96 bits per heavy atom. The summed E-state index contributed by atoms with van der Waals surface area (Å²) in [6.45, 7) is 2.53. The molecule has 0 aliphatic carbocycles. The number of rotatable bonds is 7. The van der Waals surface area contributed by atoms with Crippen LogP contribution in [-0.4, -0.2) is 34.3 Å². The van der Waals surface area contributed by atoms with Crippen molar-refractivity contribution in [2.75, 3.05) is 13.7 Å². The van der Waals surface area contributed by atoms with Crippen LogP contribution in [0.15, 0.2) is 35.4 Å². The van der Waals surface area contributed by atoms with Crippen molar-refractivity contribution in [2.24, 2.45) is 0 Å². The van der Waals surface area contributed by atoms with E-state index in [1.165, 1.54) is 10.9 Å². The molecule has 0 bridgehead atoms. The van der Waals surface area contributed by atoms with Crippen molar-refractivity contribution in [3.8, 4) is 11.5 Å². The Morgan fingerprint density at radius 1 is 1.27 bits per heavy atom. The molecule has 2 aromatic heterocycles. The molecule has 0 amide bonds. The van der Waals surface area contributed by atoms with E-state index in [0.717, 1.165) is 22.8 Å². The van der Waals surface area contributed by atoms with Gasteiger partial charge < -0.3 is 14.6 Å². The number of aryl methyl sites for hydroxylation is 2. The fourth-order valence-corrected chi connectivity index (χ4v) is 3.60. The van der Waals surface area contributed by atoms with Gasteiger partial charge in [-0.3, -0.25) is 9.36 Å². The number of benzene rings is 1. The Labute approximate surface area is 153 Å². The van der Waals surface area contributed by atoms with Crippen LogP contribution in [0, 0.1) is 6.92 Å². The number of carboxylic acids is 1. The first-order valence-corrected chi connectivity index (χ1v) is 8.81. The molecule has 0 saturated heterocycles. The van der Waals surface area contributed by atoms with Gasteiger partial charge in [-0.15, -0.1) is 11.3 Å². The average molecular weight is 374 g/mol. The zero-order chi connectivity index (χ0) is 18.7. The zero-order valence-electron chi connectivity index (χ0n) is 14.4. The fourth-order valence-electron chi connectivity index (χ4n) is 2.62. The Morgan fingerprint density at radius 3 is 2.62 bits per heavy atom. The molecular weight excluding hydrogens is 356 g/mol. The first-order valence-electron chi connectivity index (χ1n) is 8.00. The molecule has 1 N–H and O–H groups in total. The number of nitrogens with zero attached hydrogens (tertiary/aromatic N) is 2. The van der Waals surface area contributed by atoms with Crippen LogP contribution < -0.4 is 15.0 Å². The van der Waals surface area contributed by atoms with Gasteiger partial charge in [-0.2, -0.15) is 0 Å². The van der Waals surface area contributed by atoms with E-state index in [-0.39, 0.29) is 10.4 Å². The van der Waals surface area contributed by atoms with E-state index in [2.05, 4.69) is 4.98 Å². The van der Waals surface area contributed by atoms with Gasteiger partial charge in [-0.25, -0.2) is 9.78 Å². The Balaban J connectivity index is 1.67. The first kappa shape index (κ1) is 17.9. The van der Waals surface area contributed by atoms with Gasteiger partial charge in [0.2, 0.25) is 0 Å². The zero-order valence-corrected chi connectivity index (χ0v) is 15.2. The molecule has 0 radical (unpaired) electrons. The van der Waals surface area contributed by atoms with Gasteiger partial charge in [-0.05, 0) is 43.2 Å². The van der Waals surface area contributed by atoms with Crippen LogP contribution in [-0.2, 0) is 6.54 Å². The second kappa shape index (κ2) is 7.57. The highest BCUT2D eigenvalue weighted by molar-refractivity contribution is 7.20. The summed E-state index contributed by atoms with van der Waals surface area (Å²) >= 11 is 1.02. The van der Waals surface area contributed by atoms with Gasteiger partial charge in [0.05, 0.1) is 25.4 Å². The molecule has 8 heteroatoms. The highest BCUT2D eigenvalue weighted by atomic mass is 32.1. The Kier molecular flexibility index (Phi) is 5.22. The van der Waals surface area contributed by atoms with E-state index in [4.69, 9.17) is 9.47 Å². The summed E-state index contributed by atoms with van der Waals surface area (Å²) in [4.78, 5) is 28.7. The highest BCUT2D eigenvalue weighted by Gasteiger charge is 2.18. The quantitative estimate of drug-likeness (QED) is 0.640. The van der Waals surface area contributed by atoms with Crippen LogP contribution in [0.4, 0.5) is 0 Å². The predicted molar refractivity (Wildman–Crippen MR) is 98.7 cm³/mol. The van der Waals surface area contributed by atoms with Crippen molar-refractivity contribution in [3.63, 3.8) is 0 Å². The molecule has 0 atom stereocenters. The third kappa shape index (κ3) is 3.55. The first-order chi connectivity index (χ1) is 12.5. The molecule has 136 valence electrons. The summed E-state index contributed by atoms with van der Waals surface area (Å²) in [5.41, 5.74) is 0.250. The minimum absolute atomic E-state index is 0.158. The molecule has 0 saturated carbocycles. The van der Waals surface area contributed by atoms with Crippen molar-refractivity contribution >= 4 is 27.5 Å². The van der Waals surface area contributed by atoms with Crippen LogP contribution >= 0.6 is 11.3 Å². The van der Waals surface area contributed by atoms with E-state index in [1.54, 1.807) is 14.0 Å². The number of aromatic carboxylic acids is 1. The third-order valence-corrected chi connectivity index (χ3v) is 5.17. The second-order valence-corrected chi connectivity index (χ2v) is 6.66. The average Bonchev–Trinajstić information content (AvgIpc) is 2.98. The van der Waals surface area contributed by atoms with Crippen LogP contribution in [0.2, 0.25) is 0 Å². The van der Waals surface area contributed by atoms with Crippen LogP contribution in [0.1, 0.15) is 21.7 Å². The Hall–Kier alpha value is -2.87. The minimum atomic E-state index is -1.04. The number of hydrogen-bond donors (Lipinski definition) is 1. The van der Waals surface area contributed by atoms with Crippen molar-refractivity contribution in [3.05, 3.63) is 51.4 Å². The van der Waals surface area contributed by atoms with Gasteiger partial charge in [0, 0.05) is 6.54 Å². The molecule has 0 unspecified atom stereocenters. The van der Waals surface area contributed by atoms with E-state index in [9.17, 15) is 14.7 Å². The lowest BCUT2D eigenvalue weighted by atomic mass is 10.2. The maximum absolute atomic E-state index is 12.6. The number of hydrogen-bond acceptors (Lipinski definition) is 6. The molecule has 1 aromatic carbocycles. The van der Waals surface area contributed by atoms with Crippen LogP contribution in [0.5, 0.6) is 11.5 Å². The molecule has 3 rings (SSSR count). The van der Waals surface area contributed by atoms with Crippen molar-refractivity contribution in [2.45, 2.75) is 19.9 Å². The SMILES string of the molecule is COc1ccc(OCCCn2cnc3sc(C(=O)O)c(C)c3c2=O)cc1. The normalized spacial score (nSPS) is 10.8. The monoisotopic (exact) mass is 374 g/mol. The molecule has 7 nitrogen and oxygen atoms in total. The summed E-state index contributed by atoms with van der Waals surface area (Å²) in [6, 6.07) is 7.27. The van der Waals surface area contributed by atoms with Gasteiger partial charge in [0.15, 0.2) is 0 Å². The number of methoxy groups -OCH3 is 1. The number of carboxylic acid groups (broad SMARTS) is 1. The number of thiophene rings is 1. The molecule has 0 fully saturated rings. The van der Waals surface area contributed by atoms with E-state index in [0.29, 0.717) is 35.4 Å². The summed E-state index contributed by atoms with van der Waals surface area (Å²) in [5, 5.41) is 9.57. The van der Waals surface area contributed by atoms with Crippen molar-refractivity contribution < 1.29 is 19.4 Å². The second-order valence-electron chi connectivity index (χ2n) is 5.66. The van der Waals surface area contributed by atoms with Crippen molar-refractivity contribution in [1.82, 2.24) is 9.55 Å². The van der Waals surface area contributed by atoms with E-state index in [1.807, 2.05) is 24.3 Å². The standard InChI is InChI=1S/C18H18N2O5S/c1-11-14-16(26-15(11)18(22)23)19-10-20(17(14)21)8-3-9-25-13-6-4-12(24-2)5-7-13/h4-7,10H,3,8-9H2,1-2H3,(H,22,23). The molecule has 0 aliphatic rings. The number of ether oxygens (including phenoxy) is 2. The predicted octanol–water partition coefficient (Wildman–Crippen LogP) is 2.94. The summed E-state index contributed by atoms with van der Waals surface area (Å²) in [6.07, 6.45) is 2.08. The largest absolute Gasteiger partial charge is 0.497 e. The molecule has 0 aliphatic heterocycles. The van der Waals surface area contributed by atoms with Gasteiger partial charge >= 0.3 is 5.97 Å². The fraction of sp³-hybridized carbons (Fsp3) is 0.278. The lowest BCUT2D eigenvalue weighted by Gasteiger charge is -2.08. The van der Waals surface area contributed by atoms with Crippen LogP contribution in [0.25, 0.3) is 10.2 Å². The number of aromatic nitrogens is 2. The molecule has 3 aromatic rings. The molecule has 0 spiro atoms. The minimum Gasteiger partial charge on any atom is -0.497 e. The van der Waals surface area contributed by atoms with E-state index >= 15 is 0 Å². The number of fused-ring (bicyclic) bond motifs is 1. The topological polar surface area (TPSA) is 90.7 Å². The number of carbonyl (C=O) groups is 1. The lowest BCUT2D eigenvalue weighted by molar-refractivity contribution is 0.0701. The lowest BCUT2D eigenvalue weighted by Crippen LogP contribution is -2.21. The molecular formula is C18H18N2O5S. The summed E-state index contributed by atoms with van der Waals surface area (Å²) in [5.74, 6) is 0.450. The summed E-state index contributed by atoms with van der Waals surface area (Å²) < 4.78 is 12.2. The summed E-state index contributed by atoms with van der Waals surface area (Å²) in [7, 11) is 1.60. The smallest absolute Gasteiger partial charge is 0.346 e. The molecule has 2 heterocycles. The Bertz CT molecular complexity index is 991. The van der Waals surface area contributed by atoms with Gasteiger partial charge in [0.1, 0.15) is 21.2 Å². The van der Waals surface area contributed by atoms with Crippen molar-refractivity contribution in [1.29, 1.82) is 0 Å². The van der Waals surface area contributed by atoms with E-state index < -0.39 is 5.97 Å².